The van der Waals surface area contributed by atoms with Crippen molar-refractivity contribution >= 4 is 22.6 Å². The maximum Gasteiger partial charge on any atom is 0.130 e. The molecule has 0 saturated carbocycles. The van der Waals surface area contributed by atoms with E-state index < -0.39 is 0 Å². The van der Waals surface area contributed by atoms with Crippen LogP contribution >= 0.6 is 22.6 Å². The molecule has 0 aliphatic rings. The third kappa shape index (κ3) is 3.30. The largest absolute Gasteiger partial charge is 0.457 e. The molecule has 2 aromatic carbocycles. The van der Waals surface area contributed by atoms with Crippen molar-refractivity contribution in [2.24, 2.45) is 0 Å². The third-order valence-electron chi connectivity index (χ3n) is 3.31. The van der Waals surface area contributed by atoms with E-state index in [-0.39, 0.29) is 0 Å². The number of halogens is 1. The van der Waals surface area contributed by atoms with Gasteiger partial charge in [0.1, 0.15) is 11.5 Å². The molecule has 0 aliphatic heterocycles. The van der Waals surface area contributed by atoms with Crippen molar-refractivity contribution in [2.45, 2.75) is 33.6 Å². The van der Waals surface area contributed by atoms with Crippen LogP contribution in [-0.2, 0) is 0 Å². The van der Waals surface area contributed by atoms with Crippen LogP contribution in [0, 0.1) is 17.4 Å². The minimum Gasteiger partial charge on any atom is -0.457 e. The molecular formula is C17H19IO. The van der Waals surface area contributed by atoms with Gasteiger partial charge in [0, 0.05) is 3.57 Å². The predicted molar refractivity (Wildman–Crippen MR) is 89.2 cm³/mol. The monoisotopic (exact) mass is 366 g/mol. The van der Waals surface area contributed by atoms with Gasteiger partial charge in [0.2, 0.25) is 0 Å². The smallest absolute Gasteiger partial charge is 0.130 e. The van der Waals surface area contributed by atoms with Crippen molar-refractivity contribution in [2.75, 3.05) is 0 Å². The van der Waals surface area contributed by atoms with Crippen LogP contribution in [0.5, 0.6) is 11.5 Å². The average molecular weight is 366 g/mol. The maximum atomic E-state index is 6.03. The van der Waals surface area contributed by atoms with E-state index in [1.54, 1.807) is 0 Å². The highest BCUT2D eigenvalue weighted by molar-refractivity contribution is 14.1. The zero-order chi connectivity index (χ0) is 14.0. The van der Waals surface area contributed by atoms with Crippen LogP contribution in [0.25, 0.3) is 0 Å². The highest BCUT2D eigenvalue weighted by Crippen LogP contribution is 2.31. The molecule has 0 heterocycles. The SMILES string of the molecule is Cc1cc(Oc2cccc(C(C)C)c2C)ccc1I. The second kappa shape index (κ2) is 5.95. The Bertz CT molecular complexity index is 588. The van der Waals surface area contributed by atoms with Crippen LogP contribution in [-0.4, -0.2) is 0 Å². The van der Waals surface area contributed by atoms with Gasteiger partial charge in [-0.05, 0) is 83.3 Å². The van der Waals surface area contributed by atoms with Crippen molar-refractivity contribution in [3.05, 3.63) is 56.7 Å². The molecule has 0 aromatic heterocycles. The summed E-state index contributed by atoms with van der Waals surface area (Å²) < 4.78 is 7.29. The van der Waals surface area contributed by atoms with Crippen LogP contribution in [0.4, 0.5) is 0 Å². The van der Waals surface area contributed by atoms with Crippen molar-refractivity contribution in [3.8, 4) is 11.5 Å². The molecule has 2 heteroatoms. The normalized spacial score (nSPS) is 10.8. The summed E-state index contributed by atoms with van der Waals surface area (Å²) >= 11 is 2.34. The van der Waals surface area contributed by atoms with Crippen LogP contribution in [0.3, 0.4) is 0 Å². The summed E-state index contributed by atoms with van der Waals surface area (Å²) in [6.45, 7) is 8.65. The summed E-state index contributed by atoms with van der Waals surface area (Å²) in [6.07, 6.45) is 0. The number of hydrogen-bond acceptors (Lipinski definition) is 1. The number of benzene rings is 2. The Morgan fingerprint density at radius 1 is 1.05 bits per heavy atom. The first-order chi connectivity index (χ1) is 8.99. The summed E-state index contributed by atoms with van der Waals surface area (Å²) in [7, 11) is 0. The van der Waals surface area contributed by atoms with Crippen molar-refractivity contribution < 1.29 is 4.74 Å². The molecule has 1 nitrogen and oxygen atoms in total. The van der Waals surface area contributed by atoms with Crippen molar-refractivity contribution in [1.82, 2.24) is 0 Å². The average Bonchev–Trinajstić information content (AvgIpc) is 2.36. The highest BCUT2D eigenvalue weighted by Gasteiger charge is 2.09. The first kappa shape index (κ1) is 14.4. The standard InChI is InChI=1S/C17H19IO/c1-11(2)15-6-5-7-17(13(15)4)19-14-8-9-16(18)12(3)10-14/h5-11H,1-4H3. The minimum absolute atomic E-state index is 0.516. The second-order valence-corrected chi connectivity index (χ2v) is 6.30. The fourth-order valence-corrected chi connectivity index (χ4v) is 2.51. The van der Waals surface area contributed by atoms with Crippen molar-refractivity contribution in [3.63, 3.8) is 0 Å². The molecule has 0 atom stereocenters. The molecule has 0 radical (unpaired) electrons. The van der Waals surface area contributed by atoms with Gasteiger partial charge in [-0.2, -0.15) is 0 Å². The van der Waals surface area contributed by atoms with E-state index in [9.17, 15) is 0 Å². The highest BCUT2D eigenvalue weighted by atomic mass is 127. The van der Waals surface area contributed by atoms with Gasteiger partial charge in [-0.15, -0.1) is 0 Å². The maximum absolute atomic E-state index is 6.03. The number of aryl methyl sites for hydroxylation is 1. The molecule has 2 aromatic rings. The van der Waals surface area contributed by atoms with E-state index in [2.05, 4.69) is 74.6 Å². The molecular weight excluding hydrogens is 347 g/mol. The van der Waals surface area contributed by atoms with E-state index in [1.807, 2.05) is 12.1 Å². The van der Waals surface area contributed by atoms with E-state index in [1.165, 1.54) is 20.3 Å². The van der Waals surface area contributed by atoms with E-state index >= 15 is 0 Å². The number of hydrogen-bond donors (Lipinski definition) is 0. The van der Waals surface area contributed by atoms with Crippen LogP contribution in [0.1, 0.15) is 36.5 Å². The van der Waals surface area contributed by atoms with E-state index in [0.717, 1.165) is 11.5 Å². The summed E-state index contributed by atoms with van der Waals surface area (Å²) in [4.78, 5) is 0. The lowest BCUT2D eigenvalue weighted by atomic mass is 9.97. The summed E-state index contributed by atoms with van der Waals surface area (Å²) in [6, 6.07) is 12.5. The van der Waals surface area contributed by atoms with Gasteiger partial charge < -0.3 is 4.74 Å². The van der Waals surface area contributed by atoms with Gasteiger partial charge >= 0.3 is 0 Å². The Balaban J connectivity index is 2.33. The molecule has 0 amide bonds. The Kier molecular flexibility index (Phi) is 4.50. The van der Waals surface area contributed by atoms with Crippen LogP contribution in [0.15, 0.2) is 36.4 Å². The molecule has 0 saturated heterocycles. The van der Waals surface area contributed by atoms with E-state index in [0.29, 0.717) is 5.92 Å². The quantitative estimate of drug-likeness (QED) is 0.622. The topological polar surface area (TPSA) is 9.23 Å². The first-order valence-corrected chi connectivity index (χ1v) is 7.60. The molecule has 0 bridgehead atoms. The van der Waals surface area contributed by atoms with E-state index in [4.69, 9.17) is 4.74 Å². The summed E-state index contributed by atoms with van der Waals surface area (Å²) in [5.41, 5.74) is 3.82. The third-order valence-corrected chi connectivity index (χ3v) is 4.52. The fraction of sp³-hybridized carbons (Fsp3) is 0.294. The first-order valence-electron chi connectivity index (χ1n) is 6.52. The molecule has 0 fully saturated rings. The zero-order valence-corrected chi connectivity index (χ0v) is 14.0. The summed E-state index contributed by atoms with van der Waals surface area (Å²) in [5, 5.41) is 0. The zero-order valence-electron chi connectivity index (χ0n) is 11.8. The second-order valence-electron chi connectivity index (χ2n) is 5.14. The van der Waals surface area contributed by atoms with Gasteiger partial charge in [-0.1, -0.05) is 26.0 Å². The molecule has 0 unspecified atom stereocenters. The lowest BCUT2D eigenvalue weighted by Gasteiger charge is -2.15. The van der Waals surface area contributed by atoms with Crippen molar-refractivity contribution in [1.29, 1.82) is 0 Å². The summed E-state index contributed by atoms with van der Waals surface area (Å²) in [5.74, 6) is 2.37. The van der Waals surface area contributed by atoms with Gasteiger partial charge in [-0.25, -0.2) is 0 Å². The Hall–Kier alpha value is -1.03. The number of ether oxygens (including phenoxy) is 1. The van der Waals surface area contributed by atoms with Gasteiger partial charge in [-0.3, -0.25) is 0 Å². The van der Waals surface area contributed by atoms with Gasteiger partial charge in [0.15, 0.2) is 0 Å². The van der Waals surface area contributed by atoms with Crippen LogP contribution < -0.4 is 4.74 Å². The predicted octanol–water partition coefficient (Wildman–Crippen LogP) is 5.82. The number of rotatable bonds is 3. The molecule has 0 N–H and O–H groups in total. The Morgan fingerprint density at radius 3 is 2.42 bits per heavy atom. The van der Waals surface area contributed by atoms with Crippen LogP contribution in [0.2, 0.25) is 0 Å². The van der Waals surface area contributed by atoms with Gasteiger partial charge in [0.25, 0.3) is 0 Å². The molecule has 19 heavy (non-hydrogen) atoms. The Morgan fingerprint density at radius 2 is 1.79 bits per heavy atom. The molecule has 2 rings (SSSR count). The minimum atomic E-state index is 0.516. The molecule has 100 valence electrons. The lowest BCUT2D eigenvalue weighted by Crippen LogP contribution is -1.95. The Labute approximate surface area is 129 Å². The van der Waals surface area contributed by atoms with Gasteiger partial charge in [0.05, 0.1) is 0 Å². The molecule has 0 spiro atoms. The molecule has 0 aliphatic carbocycles. The fourth-order valence-electron chi connectivity index (χ4n) is 2.18. The lowest BCUT2D eigenvalue weighted by molar-refractivity contribution is 0.477.